The number of nitrogens with zero attached hydrogens (tertiary/aromatic N) is 1. The Kier molecular flexibility index (Phi) is 4.95. The molecule has 1 aromatic carbocycles. The lowest BCUT2D eigenvalue weighted by atomic mass is 10.2. The maximum absolute atomic E-state index is 11.9. The van der Waals surface area contributed by atoms with E-state index in [4.69, 9.17) is 4.42 Å². The predicted octanol–water partition coefficient (Wildman–Crippen LogP) is 4.78. The molecule has 0 radical (unpaired) electrons. The minimum absolute atomic E-state index is 0.236. The van der Waals surface area contributed by atoms with E-state index in [1.807, 2.05) is 23.8 Å². The molecule has 0 saturated carbocycles. The van der Waals surface area contributed by atoms with Crippen LogP contribution in [0, 0.1) is 0 Å². The maximum Gasteiger partial charge on any atom is 0.250 e. The highest BCUT2D eigenvalue weighted by Gasteiger charge is 2.06. The van der Waals surface area contributed by atoms with Gasteiger partial charge in [-0.15, -0.1) is 23.1 Å². The van der Waals surface area contributed by atoms with E-state index in [2.05, 4.69) is 22.4 Å². The molecule has 6 heteroatoms. The van der Waals surface area contributed by atoms with Gasteiger partial charge in [0.25, 0.3) is 0 Å². The molecular formula is C17H14N2O2S2. The molecule has 2 aromatic heterocycles. The number of thiazole rings is 1. The molecule has 1 N–H and O–H groups in total. The first-order valence-corrected chi connectivity index (χ1v) is 8.97. The molecule has 116 valence electrons. The number of aromatic nitrogens is 1. The number of furan rings is 1. The standard InChI is InChI=1S/C17H14N2O2S2/c1-22-14-7-4-12(5-8-14)15-11-23-17(18-15)19-16(20)9-6-13-3-2-10-21-13/h2-11H,1H3,(H,18,19,20)/b9-6+. The highest BCUT2D eigenvalue weighted by molar-refractivity contribution is 7.98. The van der Waals surface area contributed by atoms with Crippen LogP contribution in [0.5, 0.6) is 0 Å². The number of amides is 1. The minimum Gasteiger partial charge on any atom is -0.465 e. The van der Waals surface area contributed by atoms with Crippen molar-refractivity contribution in [1.29, 1.82) is 0 Å². The Bertz CT molecular complexity index is 806. The van der Waals surface area contributed by atoms with Crippen LogP contribution in [0.2, 0.25) is 0 Å². The van der Waals surface area contributed by atoms with E-state index in [0.717, 1.165) is 11.3 Å². The van der Waals surface area contributed by atoms with Gasteiger partial charge in [0.1, 0.15) is 5.76 Å². The Morgan fingerprint density at radius 1 is 1.30 bits per heavy atom. The molecule has 0 aliphatic carbocycles. The van der Waals surface area contributed by atoms with Crippen LogP contribution in [-0.2, 0) is 4.79 Å². The molecule has 3 aromatic rings. The monoisotopic (exact) mass is 342 g/mol. The van der Waals surface area contributed by atoms with E-state index >= 15 is 0 Å². The Labute approximate surface area is 142 Å². The van der Waals surface area contributed by atoms with Crippen LogP contribution in [-0.4, -0.2) is 17.1 Å². The van der Waals surface area contributed by atoms with Gasteiger partial charge >= 0.3 is 0 Å². The first-order chi connectivity index (χ1) is 11.2. The normalized spacial score (nSPS) is 11.0. The first kappa shape index (κ1) is 15.6. The number of carbonyl (C=O) groups excluding carboxylic acids is 1. The number of anilines is 1. The highest BCUT2D eigenvalue weighted by Crippen LogP contribution is 2.26. The van der Waals surface area contributed by atoms with E-state index in [1.54, 1.807) is 36.2 Å². The fourth-order valence-corrected chi connectivity index (χ4v) is 3.05. The fraction of sp³-hybridized carbons (Fsp3) is 0.0588. The number of nitrogens with one attached hydrogen (secondary N) is 1. The second kappa shape index (κ2) is 7.30. The third-order valence-electron chi connectivity index (χ3n) is 3.06. The summed E-state index contributed by atoms with van der Waals surface area (Å²) in [6, 6.07) is 11.7. The summed E-state index contributed by atoms with van der Waals surface area (Å²) < 4.78 is 5.13. The predicted molar refractivity (Wildman–Crippen MR) is 95.7 cm³/mol. The molecule has 0 spiro atoms. The van der Waals surface area contributed by atoms with Gasteiger partial charge in [-0.25, -0.2) is 4.98 Å². The van der Waals surface area contributed by atoms with E-state index in [-0.39, 0.29) is 5.91 Å². The molecule has 0 saturated heterocycles. The molecular weight excluding hydrogens is 328 g/mol. The van der Waals surface area contributed by atoms with Crippen LogP contribution in [0.1, 0.15) is 5.76 Å². The van der Waals surface area contributed by atoms with Crippen LogP contribution in [0.3, 0.4) is 0 Å². The van der Waals surface area contributed by atoms with Crippen molar-refractivity contribution in [2.45, 2.75) is 4.90 Å². The topological polar surface area (TPSA) is 55.1 Å². The highest BCUT2D eigenvalue weighted by atomic mass is 32.2. The Morgan fingerprint density at radius 3 is 2.83 bits per heavy atom. The third-order valence-corrected chi connectivity index (χ3v) is 4.56. The first-order valence-electron chi connectivity index (χ1n) is 6.87. The summed E-state index contributed by atoms with van der Waals surface area (Å²) in [5, 5.41) is 5.26. The Morgan fingerprint density at radius 2 is 2.13 bits per heavy atom. The summed E-state index contributed by atoms with van der Waals surface area (Å²) in [4.78, 5) is 17.5. The average molecular weight is 342 g/mol. The smallest absolute Gasteiger partial charge is 0.250 e. The zero-order valence-corrected chi connectivity index (χ0v) is 14.0. The molecule has 1 amide bonds. The van der Waals surface area contributed by atoms with Crippen molar-refractivity contribution in [2.75, 3.05) is 11.6 Å². The summed E-state index contributed by atoms with van der Waals surface area (Å²) in [6.45, 7) is 0. The number of benzene rings is 1. The number of hydrogen-bond donors (Lipinski definition) is 1. The quantitative estimate of drug-likeness (QED) is 0.536. The van der Waals surface area contributed by atoms with Gasteiger partial charge in [0.05, 0.1) is 12.0 Å². The summed E-state index contributed by atoms with van der Waals surface area (Å²) in [7, 11) is 0. The number of carbonyl (C=O) groups is 1. The van der Waals surface area contributed by atoms with Gasteiger partial charge in [0, 0.05) is 21.9 Å². The van der Waals surface area contributed by atoms with E-state index in [9.17, 15) is 4.79 Å². The lowest BCUT2D eigenvalue weighted by Crippen LogP contribution is -2.07. The van der Waals surface area contributed by atoms with Crippen LogP contribution in [0.15, 0.2) is 63.4 Å². The lowest BCUT2D eigenvalue weighted by molar-refractivity contribution is -0.111. The molecule has 0 atom stereocenters. The largest absolute Gasteiger partial charge is 0.465 e. The second-order valence-electron chi connectivity index (χ2n) is 4.60. The summed E-state index contributed by atoms with van der Waals surface area (Å²) >= 11 is 3.10. The van der Waals surface area contributed by atoms with E-state index in [0.29, 0.717) is 10.9 Å². The van der Waals surface area contributed by atoms with Crippen LogP contribution in [0.4, 0.5) is 5.13 Å². The van der Waals surface area contributed by atoms with Gasteiger partial charge in [0.2, 0.25) is 5.91 Å². The minimum atomic E-state index is -0.236. The van der Waals surface area contributed by atoms with Gasteiger partial charge < -0.3 is 4.42 Å². The van der Waals surface area contributed by atoms with E-state index in [1.165, 1.54) is 22.3 Å². The molecule has 4 nitrogen and oxygen atoms in total. The summed E-state index contributed by atoms with van der Waals surface area (Å²) in [6.07, 6.45) is 6.65. The second-order valence-corrected chi connectivity index (χ2v) is 6.34. The van der Waals surface area contributed by atoms with Gasteiger partial charge in [0.15, 0.2) is 5.13 Å². The van der Waals surface area contributed by atoms with Gasteiger partial charge in [-0.2, -0.15) is 0 Å². The molecule has 0 unspecified atom stereocenters. The third kappa shape index (κ3) is 4.12. The molecule has 23 heavy (non-hydrogen) atoms. The maximum atomic E-state index is 11.9. The summed E-state index contributed by atoms with van der Waals surface area (Å²) in [5.41, 5.74) is 1.89. The molecule has 3 rings (SSSR count). The molecule has 0 aliphatic heterocycles. The van der Waals surface area contributed by atoms with Crippen molar-refractivity contribution in [3.8, 4) is 11.3 Å². The van der Waals surface area contributed by atoms with Gasteiger partial charge in [-0.05, 0) is 36.6 Å². The Hall–Kier alpha value is -2.31. The lowest BCUT2D eigenvalue weighted by Gasteiger charge is -1.99. The van der Waals surface area contributed by atoms with Crippen LogP contribution < -0.4 is 5.32 Å². The average Bonchev–Trinajstić information content (AvgIpc) is 3.25. The zero-order valence-electron chi connectivity index (χ0n) is 12.4. The van der Waals surface area contributed by atoms with Crippen LogP contribution in [0.25, 0.3) is 17.3 Å². The van der Waals surface area contributed by atoms with Crippen molar-refractivity contribution in [2.24, 2.45) is 0 Å². The fourth-order valence-electron chi connectivity index (χ4n) is 1.92. The van der Waals surface area contributed by atoms with Crippen LogP contribution >= 0.6 is 23.1 Å². The SMILES string of the molecule is CSc1ccc(-c2csc(NC(=O)/C=C/c3ccco3)n2)cc1. The Balaban J connectivity index is 1.65. The van der Waals surface area contributed by atoms with Crippen molar-refractivity contribution in [3.05, 3.63) is 59.9 Å². The van der Waals surface area contributed by atoms with Crippen molar-refractivity contribution in [3.63, 3.8) is 0 Å². The molecule has 0 bridgehead atoms. The van der Waals surface area contributed by atoms with E-state index < -0.39 is 0 Å². The van der Waals surface area contributed by atoms with Gasteiger partial charge in [-0.1, -0.05) is 12.1 Å². The molecule has 2 heterocycles. The van der Waals surface area contributed by atoms with Gasteiger partial charge in [-0.3, -0.25) is 10.1 Å². The van der Waals surface area contributed by atoms with Crippen molar-refractivity contribution < 1.29 is 9.21 Å². The summed E-state index contributed by atoms with van der Waals surface area (Å²) in [5.74, 6) is 0.397. The van der Waals surface area contributed by atoms with Crippen molar-refractivity contribution >= 4 is 40.2 Å². The van der Waals surface area contributed by atoms with Crippen molar-refractivity contribution in [1.82, 2.24) is 4.98 Å². The molecule has 0 fully saturated rings. The molecule has 0 aliphatic rings. The number of rotatable bonds is 5. The number of thioether (sulfide) groups is 1. The zero-order chi connectivity index (χ0) is 16.1. The number of hydrogen-bond acceptors (Lipinski definition) is 5.